The second kappa shape index (κ2) is 6.70. The van der Waals surface area contributed by atoms with E-state index in [-0.39, 0.29) is 0 Å². The number of benzene rings is 1. The van der Waals surface area contributed by atoms with E-state index in [1.165, 1.54) is 11.1 Å². The van der Waals surface area contributed by atoms with Gasteiger partial charge in [-0.1, -0.05) is 38.1 Å². The van der Waals surface area contributed by atoms with E-state index >= 15 is 0 Å². The standard InChI is InChI=1S/C17H29N3/c1-13(2)15-5-7-16(8-6-15)17(11-18)20-10-9-19(4)12-14(20)3/h5-8,13-14,17H,9-12,18H2,1-4H3. The summed E-state index contributed by atoms with van der Waals surface area (Å²) >= 11 is 0. The smallest absolute Gasteiger partial charge is 0.0474 e. The summed E-state index contributed by atoms with van der Waals surface area (Å²) in [6.07, 6.45) is 0. The Bertz CT molecular complexity index is 413. The van der Waals surface area contributed by atoms with Gasteiger partial charge in [-0.2, -0.15) is 0 Å². The number of nitrogens with zero attached hydrogens (tertiary/aromatic N) is 2. The fraction of sp³-hybridized carbons (Fsp3) is 0.647. The summed E-state index contributed by atoms with van der Waals surface area (Å²) in [5.41, 5.74) is 8.83. The second-order valence-electron chi connectivity index (χ2n) is 6.42. The van der Waals surface area contributed by atoms with Gasteiger partial charge in [-0.15, -0.1) is 0 Å². The minimum atomic E-state index is 0.347. The van der Waals surface area contributed by atoms with Crippen LogP contribution < -0.4 is 5.73 Å². The molecule has 0 aliphatic carbocycles. The van der Waals surface area contributed by atoms with Crippen LogP contribution in [0.15, 0.2) is 24.3 Å². The van der Waals surface area contributed by atoms with Crippen molar-refractivity contribution in [2.24, 2.45) is 5.73 Å². The summed E-state index contributed by atoms with van der Waals surface area (Å²) < 4.78 is 0. The lowest BCUT2D eigenvalue weighted by Crippen LogP contribution is -2.52. The Labute approximate surface area is 123 Å². The number of likely N-dealkylation sites (N-methyl/N-ethyl adjacent to an activating group) is 1. The Kier molecular flexibility index (Phi) is 5.19. The molecule has 2 unspecified atom stereocenters. The lowest BCUT2D eigenvalue weighted by atomic mass is 9.97. The molecular weight excluding hydrogens is 246 g/mol. The molecule has 2 rings (SSSR count). The van der Waals surface area contributed by atoms with Crippen LogP contribution >= 0.6 is 0 Å². The van der Waals surface area contributed by atoms with Gasteiger partial charge in [-0.3, -0.25) is 4.90 Å². The molecule has 0 radical (unpaired) electrons. The van der Waals surface area contributed by atoms with Crippen LogP contribution in [-0.2, 0) is 0 Å². The molecule has 2 atom stereocenters. The molecule has 1 fully saturated rings. The predicted molar refractivity (Wildman–Crippen MR) is 86.0 cm³/mol. The fourth-order valence-corrected chi connectivity index (χ4v) is 3.18. The van der Waals surface area contributed by atoms with Gasteiger partial charge in [0.2, 0.25) is 0 Å². The Morgan fingerprint density at radius 2 is 1.75 bits per heavy atom. The Morgan fingerprint density at radius 1 is 1.15 bits per heavy atom. The monoisotopic (exact) mass is 275 g/mol. The van der Waals surface area contributed by atoms with E-state index in [1.807, 2.05) is 0 Å². The van der Waals surface area contributed by atoms with Crippen LogP contribution in [-0.4, -0.2) is 49.1 Å². The molecule has 1 aliphatic rings. The molecule has 0 spiro atoms. The van der Waals surface area contributed by atoms with Crippen LogP contribution in [0, 0.1) is 0 Å². The summed E-state index contributed by atoms with van der Waals surface area (Å²) in [6, 6.07) is 9.94. The minimum absolute atomic E-state index is 0.347. The van der Waals surface area contributed by atoms with Gasteiger partial charge in [0.25, 0.3) is 0 Å². The van der Waals surface area contributed by atoms with Crippen molar-refractivity contribution in [1.82, 2.24) is 9.80 Å². The topological polar surface area (TPSA) is 32.5 Å². The van der Waals surface area contributed by atoms with Gasteiger partial charge in [-0.05, 0) is 31.0 Å². The van der Waals surface area contributed by atoms with Crippen molar-refractivity contribution < 1.29 is 0 Å². The van der Waals surface area contributed by atoms with Gasteiger partial charge < -0.3 is 10.6 Å². The third-order valence-electron chi connectivity index (χ3n) is 4.49. The third kappa shape index (κ3) is 3.40. The normalized spacial score (nSPS) is 23.2. The summed E-state index contributed by atoms with van der Waals surface area (Å²) in [4.78, 5) is 4.96. The first-order valence-corrected chi connectivity index (χ1v) is 7.77. The molecule has 3 nitrogen and oxygen atoms in total. The van der Waals surface area contributed by atoms with Crippen molar-refractivity contribution >= 4 is 0 Å². The van der Waals surface area contributed by atoms with E-state index in [4.69, 9.17) is 5.73 Å². The lowest BCUT2D eigenvalue weighted by molar-refractivity contribution is 0.0635. The second-order valence-corrected chi connectivity index (χ2v) is 6.42. The van der Waals surface area contributed by atoms with E-state index in [2.05, 4.69) is 61.9 Å². The zero-order chi connectivity index (χ0) is 14.7. The molecule has 1 aromatic rings. The lowest BCUT2D eigenvalue weighted by Gasteiger charge is -2.42. The first kappa shape index (κ1) is 15.5. The van der Waals surface area contributed by atoms with Crippen LogP contribution in [0.4, 0.5) is 0 Å². The van der Waals surface area contributed by atoms with Gasteiger partial charge >= 0.3 is 0 Å². The molecule has 1 heterocycles. The highest BCUT2D eigenvalue weighted by molar-refractivity contribution is 5.27. The van der Waals surface area contributed by atoms with Crippen molar-refractivity contribution in [1.29, 1.82) is 0 Å². The molecule has 3 heteroatoms. The Morgan fingerprint density at radius 3 is 2.25 bits per heavy atom. The van der Waals surface area contributed by atoms with Crippen LogP contribution in [0.5, 0.6) is 0 Å². The van der Waals surface area contributed by atoms with Gasteiger partial charge in [-0.25, -0.2) is 0 Å². The average molecular weight is 275 g/mol. The summed E-state index contributed by atoms with van der Waals surface area (Å²) in [7, 11) is 2.20. The maximum Gasteiger partial charge on any atom is 0.0474 e. The maximum atomic E-state index is 6.08. The van der Waals surface area contributed by atoms with Crippen molar-refractivity contribution in [3.05, 3.63) is 35.4 Å². The molecule has 2 N–H and O–H groups in total. The van der Waals surface area contributed by atoms with E-state index in [1.54, 1.807) is 0 Å². The molecule has 20 heavy (non-hydrogen) atoms. The van der Waals surface area contributed by atoms with Crippen molar-refractivity contribution in [3.8, 4) is 0 Å². The average Bonchev–Trinajstić information content (AvgIpc) is 2.42. The quantitative estimate of drug-likeness (QED) is 0.916. The minimum Gasteiger partial charge on any atom is -0.329 e. The van der Waals surface area contributed by atoms with Crippen LogP contribution in [0.25, 0.3) is 0 Å². The van der Waals surface area contributed by atoms with Crippen molar-refractivity contribution in [2.75, 3.05) is 33.2 Å². The molecule has 0 bridgehead atoms. The Hall–Kier alpha value is -0.900. The molecule has 1 aliphatic heterocycles. The number of hydrogen-bond donors (Lipinski definition) is 1. The molecule has 1 saturated heterocycles. The Balaban J connectivity index is 2.15. The van der Waals surface area contributed by atoms with E-state index < -0.39 is 0 Å². The van der Waals surface area contributed by atoms with Gasteiger partial charge in [0.15, 0.2) is 0 Å². The van der Waals surface area contributed by atoms with Crippen molar-refractivity contribution in [2.45, 2.75) is 38.8 Å². The zero-order valence-corrected chi connectivity index (χ0v) is 13.3. The predicted octanol–water partition coefficient (Wildman–Crippen LogP) is 2.45. The molecule has 0 saturated carbocycles. The number of nitrogens with two attached hydrogens (primary N) is 1. The fourth-order valence-electron chi connectivity index (χ4n) is 3.18. The number of rotatable bonds is 4. The summed E-state index contributed by atoms with van der Waals surface area (Å²) in [5.74, 6) is 0.586. The zero-order valence-electron chi connectivity index (χ0n) is 13.3. The molecule has 112 valence electrons. The summed E-state index contributed by atoms with van der Waals surface area (Å²) in [5, 5.41) is 0. The van der Waals surface area contributed by atoms with Crippen LogP contribution in [0.1, 0.15) is 43.9 Å². The van der Waals surface area contributed by atoms with E-state index in [0.29, 0.717) is 24.5 Å². The SMILES string of the molecule is CC(C)c1ccc(C(CN)N2CCN(C)CC2C)cc1. The highest BCUT2D eigenvalue weighted by Crippen LogP contribution is 2.26. The number of hydrogen-bond acceptors (Lipinski definition) is 3. The molecule has 0 aromatic heterocycles. The van der Waals surface area contributed by atoms with E-state index in [0.717, 1.165) is 19.6 Å². The molecule has 1 aromatic carbocycles. The van der Waals surface area contributed by atoms with E-state index in [9.17, 15) is 0 Å². The first-order valence-electron chi connectivity index (χ1n) is 7.77. The largest absolute Gasteiger partial charge is 0.329 e. The van der Waals surface area contributed by atoms with Gasteiger partial charge in [0.1, 0.15) is 0 Å². The highest BCUT2D eigenvalue weighted by atomic mass is 15.3. The maximum absolute atomic E-state index is 6.08. The molecular formula is C17H29N3. The van der Waals surface area contributed by atoms with Crippen LogP contribution in [0.2, 0.25) is 0 Å². The molecule has 0 amide bonds. The number of piperazine rings is 1. The first-order chi connectivity index (χ1) is 9.52. The summed E-state index contributed by atoms with van der Waals surface area (Å²) in [6.45, 7) is 10.8. The highest BCUT2D eigenvalue weighted by Gasteiger charge is 2.28. The van der Waals surface area contributed by atoms with Gasteiger partial charge in [0, 0.05) is 38.3 Å². The third-order valence-corrected chi connectivity index (χ3v) is 4.49. The van der Waals surface area contributed by atoms with Crippen molar-refractivity contribution in [3.63, 3.8) is 0 Å². The van der Waals surface area contributed by atoms with Crippen LogP contribution in [0.3, 0.4) is 0 Å². The van der Waals surface area contributed by atoms with Gasteiger partial charge in [0.05, 0.1) is 0 Å².